The van der Waals surface area contributed by atoms with Gasteiger partial charge in [0.15, 0.2) is 6.73 Å². The third kappa shape index (κ3) is 6.36. The lowest BCUT2D eigenvalue weighted by atomic mass is 11.0. The molecule has 1 atom stereocenters. The van der Waals surface area contributed by atoms with Gasteiger partial charge < -0.3 is 4.90 Å². The number of nitrogens with one attached hydrogen (secondary N) is 1. The Kier molecular flexibility index (Phi) is 4.45. The summed E-state index contributed by atoms with van der Waals surface area (Å²) in [6.45, 7) is 0.371. The summed E-state index contributed by atoms with van der Waals surface area (Å²) in [5.41, 5.74) is 0. The van der Waals surface area contributed by atoms with Gasteiger partial charge in [0.25, 0.3) is 10.3 Å². The van der Waals surface area contributed by atoms with Crippen LogP contribution < -0.4 is 4.90 Å². The van der Waals surface area contributed by atoms with E-state index in [1.165, 1.54) is 0 Å². The van der Waals surface area contributed by atoms with Crippen LogP contribution in [0.15, 0.2) is 0 Å². The molecule has 0 aromatic rings. The van der Waals surface area contributed by atoms with Crippen molar-refractivity contribution in [3.8, 4) is 0 Å². The van der Waals surface area contributed by atoms with Crippen molar-refractivity contribution in [3.05, 3.63) is 0 Å². The molecule has 0 heterocycles. The zero-order valence-electron chi connectivity index (χ0n) is 4.81. The lowest BCUT2D eigenvalue weighted by Gasteiger charge is -2.02. The van der Waals surface area contributed by atoms with E-state index < -0.39 is 10.3 Å². The molecule has 0 saturated heterocycles. The summed E-state index contributed by atoms with van der Waals surface area (Å²) in [6.07, 6.45) is 0. The van der Waals surface area contributed by atoms with Crippen molar-refractivity contribution in [2.45, 2.75) is 0 Å². The molecule has 1 N–H and O–H groups in total. The van der Waals surface area contributed by atoms with Crippen molar-refractivity contribution in [1.29, 1.82) is 0 Å². The van der Waals surface area contributed by atoms with Crippen molar-refractivity contribution in [1.82, 2.24) is 0 Å². The van der Waals surface area contributed by atoms with E-state index in [9.17, 15) is 4.21 Å². The second-order valence-corrected chi connectivity index (χ2v) is 3.04. The van der Waals surface area contributed by atoms with Crippen molar-refractivity contribution in [2.24, 2.45) is 0 Å². The molecule has 0 aliphatic rings. The summed E-state index contributed by atoms with van der Waals surface area (Å²) >= 11 is 0. The highest BCUT2D eigenvalue weighted by Crippen LogP contribution is 1.85. The van der Waals surface area contributed by atoms with Gasteiger partial charge in [-0.1, -0.05) is 0 Å². The maximum atomic E-state index is 9.99. The maximum Gasteiger partial charge on any atom is 0.260 e. The number of quaternary nitrogens is 1. The van der Waals surface area contributed by atoms with E-state index in [1.54, 1.807) is 0 Å². The Morgan fingerprint density at radius 1 is 1.75 bits per heavy atom. The normalized spacial score (nSPS) is 14.5. The molecule has 0 bridgehead atoms. The van der Waals surface area contributed by atoms with Crippen LogP contribution in [-0.2, 0) is 14.5 Å². The topological polar surface area (TPSA) is 30.7 Å². The van der Waals surface area contributed by atoms with E-state index in [0.29, 0.717) is 6.73 Å². The van der Waals surface area contributed by atoms with Crippen molar-refractivity contribution in [3.63, 3.8) is 0 Å². The van der Waals surface area contributed by atoms with Gasteiger partial charge in [-0.05, 0) is 0 Å². The Morgan fingerprint density at radius 3 is 2.38 bits per heavy atom. The zero-order chi connectivity index (χ0) is 6.57. The first kappa shape index (κ1) is 8.36. The fourth-order valence-electron chi connectivity index (χ4n) is 0.164. The van der Waals surface area contributed by atoms with Gasteiger partial charge in [0.2, 0.25) is 0 Å². The maximum absolute atomic E-state index is 9.99. The summed E-state index contributed by atoms with van der Waals surface area (Å²) in [7, 11) is 7.08. The minimum atomic E-state index is -1.63. The number of rotatable bonds is 3. The molecule has 0 amide bonds. The second-order valence-electron chi connectivity index (χ2n) is 1.66. The molecular formula is C3H9ClNO2S+. The van der Waals surface area contributed by atoms with Gasteiger partial charge in [-0.3, -0.25) is 0 Å². The number of hydrogen-bond donors (Lipinski definition) is 1. The van der Waals surface area contributed by atoms with Crippen molar-refractivity contribution < 1.29 is 13.3 Å². The third-order valence-corrected chi connectivity index (χ3v) is 1.01. The Morgan fingerprint density at radius 2 is 2.25 bits per heavy atom. The van der Waals surface area contributed by atoms with Crippen LogP contribution in [0.1, 0.15) is 0 Å². The molecule has 0 rings (SSSR count). The minimum absolute atomic E-state index is 0.371. The van der Waals surface area contributed by atoms with Gasteiger partial charge in [-0.2, -0.15) is 0 Å². The first-order valence-electron chi connectivity index (χ1n) is 2.13. The molecule has 0 aliphatic heterocycles. The summed E-state index contributed by atoms with van der Waals surface area (Å²) < 4.78 is 14.5. The van der Waals surface area contributed by atoms with Crippen molar-refractivity contribution in [2.75, 3.05) is 20.8 Å². The van der Waals surface area contributed by atoms with Gasteiger partial charge in [-0.25, -0.2) is 8.39 Å². The molecule has 0 saturated carbocycles. The molecule has 0 fully saturated rings. The minimum Gasteiger partial charge on any atom is -0.316 e. The number of halogens is 1. The lowest BCUT2D eigenvalue weighted by Crippen LogP contribution is -3.06. The van der Waals surface area contributed by atoms with Gasteiger partial charge in [0.1, 0.15) is 0 Å². The first-order chi connectivity index (χ1) is 3.63. The Balaban J connectivity index is 3.05. The average molecular weight is 159 g/mol. The predicted molar refractivity (Wildman–Crippen MR) is 32.8 cm³/mol. The highest BCUT2D eigenvalue weighted by atomic mass is 35.7. The van der Waals surface area contributed by atoms with Crippen molar-refractivity contribution >= 4 is 21.0 Å². The van der Waals surface area contributed by atoms with Crippen LogP contribution >= 0.6 is 10.7 Å². The molecule has 0 aromatic carbocycles. The third-order valence-electron chi connectivity index (χ3n) is 0.440. The van der Waals surface area contributed by atoms with Crippen LogP contribution in [0.25, 0.3) is 0 Å². The lowest BCUT2D eigenvalue weighted by molar-refractivity contribution is -0.875. The van der Waals surface area contributed by atoms with E-state index in [4.69, 9.17) is 10.7 Å². The van der Waals surface area contributed by atoms with E-state index in [-0.39, 0.29) is 0 Å². The highest BCUT2D eigenvalue weighted by molar-refractivity contribution is 8.04. The molecule has 50 valence electrons. The van der Waals surface area contributed by atoms with Crippen LogP contribution in [0.3, 0.4) is 0 Å². The smallest absolute Gasteiger partial charge is 0.260 e. The second kappa shape index (κ2) is 4.26. The molecule has 0 spiro atoms. The molecule has 0 aromatic heterocycles. The van der Waals surface area contributed by atoms with E-state index in [2.05, 4.69) is 4.18 Å². The standard InChI is InChI=1S/C3H8ClNO2S/c1-5(2)3-7-8(4)6/h3H2,1-2H3/p+1. The quantitative estimate of drug-likeness (QED) is 0.419. The summed E-state index contributed by atoms with van der Waals surface area (Å²) in [5, 5.41) is 0. The van der Waals surface area contributed by atoms with Crippen LogP contribution in [0.5, 0.6) is 0 Å². The average Bonchev–Trinajstić information content (AvgIpc) is 1.61. The fourth-order valence-corrected chi connectivity index (χ4v) is 0.626. The van der Waals surface area contributed by atoms with Gasteiger partial charge in [0.05, 0.1) is 14.1 Å². The zero-order valence-corrected chi connectivity index (χ0v) is 6.38. The summed E-state index contributed by atoms with van der Waals surface area (Å²) in [6, 6.07) is 0. The Hall–Kier alpha value is 0.360. The Bertz CT molecular complexity index is 87.4. The number of hydrogen-bond acceptors (Lipinski definition) is 2. The van der Waals surface area contributed by atoms with Crippen LogP contribution in [-0.4, -0.2) is 25.0 Å². The molecule has 8 heavy (non-hydrogen) atoms. The van der Waals surface area contributed by atoms with E-state index in [0.717, 1.165) is 4.90 Å². The Labute approximate surface area is 55.7 Å². The first-order valence-corrected chi connectivity index (χ1v) is 4.03. The van der Waals surface area contributed by atoms with E-state index >= 15 is 0 Å². The van der Waals surface area contributed by atoms with Gasteiger partial charge in [-0.15, -0.1) is 0 Å². The monoisotopic (exact) mass is 158 g/mol. The summed E-state index contributed by atoms with van der Waals surface area (Å²) in [5.74, 6) is 0. The van der Waals surface area contributed by atoms with Gasteiger partial charge >= 0.3 is 0 Å². The molecule has 0 aliphatic carbocycles. The summed E-state index contributed by atoms with van der Waals surface area (Å²) in [4.78, 5) is 1.05. The molecule has 1 unspecified atom stereocenters. The SMILES string of the molecule is C[NH+](C)COS(=O)Cl. The van der Waals surface area contributed by atoms with Crippen LogP contribution in [0, 0.1) is 0 Å². The molecule has 5 heteroatoms. The fraction of sp³-hybridized carbons (Fsp3) is 1.00. The van der Waals surface area contributed by atoms with Crippen LogP contribution in [0.2, 0.25) is 0 Å². The molecular weight excluding hydrogens is 150 g/mol. The van der Waals surface area contributed by atoms with Gasteiger partial charge in [0, 0.05) is 10.7 Å². The molecule has 0 radical (unpaired) electrons. The highest BCUT2D eigenvalue weighted by Gasteiger charge is 1.95. The van der Waals surface area contributed by atoms with Crippen LogP contribution in [0.4, 0.5) is 0 Å². The largest absolute Gasteiger partial charge is 0.316 e. The van der Waals surface area contributed by atoms with E-state index in [1.807, 2.05) is 14.1 Å². The predicted octanol–water partition coefficient (Wildman–Crippen LogP) is -1.08. The molecule has 3 nitrogen and oxygen atoms in total.